The van der Waals surface area contributed by atoms with E-state index >= 15 is 0 Å². The first kappa shape index (κ1) is 12.8. The van der Waals surface area contributed by atoms with Gasteiger partial charge < -0.3 is 8.98 Å². The van der Waals surface area contributed by atoms with Crippen LogP contribution in [0.4, 0.5) is 0 Å². The number of hydrogen-bond acceptors (Lipinski definition) is 4. The molecule has 0 fully saturated rings. The van der Waals surface area contributed by atoms with E-state index in [1.807, 2.05) is 26.2 Å². The first-order valence-electron chi connectivity index (χ1n) is 6.36. The highest BCUT2D eigenvalue weighted by Crippen LogP contribution is 2.12. The first-order chi connectivity index (χ1) is 8.70. The first-order valence-corrected chi connectivity index (χ1v) is 6.36. The summed E-state index contributed by atoms with van der Waals surface area (Å²) >= 11 is 0. The maximum Gasteiger partial charge on any atom is 0.211 e. The average Bonchev–Trinajstić information content (AvgIpc) is 2.96. The fraction of sp³-hybridized carbons (Fsp3) is 0.538. The molecule has 98 valence electrons. The predicted octanol–water partition coefficient (Wildman–Crippen LogP) is 2.44. The highest BCUT2D eigenvalue weighted by Gasteiger charge is 2.11. The van der Waals surface area contributed by atoms with Crippen LogP contribution in [0.3, 0.4) is 0 Å². The van der Waals surface area contributed by atoms with Gasteiger partial charge in [-0.15, -0.1) is 0 Å². The predicted molar refractivity (Wildman–Crippen MR) is 69.0 cm³/mol. The smallest absolute Gasteiger partial charge is 0.211 e. The molecule has 1 atom stereocenters. The Bertz CT molecular complexity index is 489. The highest BCUT2D eigenvalue weighted by molar-refractivity contribution is 4.97. The molecule has 2 aromatic rings. The van der Waals surface area contributed by atoms with Gasteiger partial charge in [0.25, 0.3) is 0 Å². The Hall–Kier alpha value is -1.62. The Balaban J connectivity index is 1.92. The van der Waals surface area contributed by atoms with Crippen LogP contribution in [0.15, 0.2) is 23.0 Å². The molecule has 5 heteroatoms. The van der Waals surface area contributed by atoms with Gasteiger partial charge >= 0.3 is 0 Å². The third-order valence-corrected chi connectivity index (χ3v) is 2.84. The zero-order chi connectivity index (χ0) is 13.0. The molecule has 0 amide bonds. The number of oxazole rings is 1. The van der Waals surface area contributed by atoms with E-state index in [0.29, 0.717) is 0 Å². The molecule has 1 unspecified atom stereocenters. The largest absolute Gasteiger partial charge is 0.444 e. The van der Waals surface area contributed by atoms with E-state index in [2.05, 4.69) is 26.8 Å². The van der Waals surface area contributed by atoms with E-state index in [-0.39, 0.29) is 6.04 Å². The van der Waals surface area contributed by atoms with Crippen LogP contribution in [0.2, 0.25) is 0 Å². The maximum atomic E-state index is 5.49. The van der Waals surface area contributed by atoms with Gasteiger partial charge in [-0.05, 0) is 20.3 Å². The molecule has 0 aliphatic heterocycles. The van der Waals surface area contributed by atoms with Crippen LogP contribution in [-0.4, -0.2) is 14.5 Å². The number of aromatic nitrogens is 3. The van der Waals surface area contributed by atoms with Gasteiger partial charge in [-0.1, -0.05) is 6.92 Å². The molecule has 0 aromatic carbocycles. The summed E-state index contributed by atoms with van der Waals surface area (Å²) < 4.78 is 7.66. The van der Waals surface area contributed by atoms with Gasteiger partial charge in [-0.25, -0.2) is 9.97 Å². The SMILES string of the molecule is CCCn1ccnc1CNC(C)c1ncc(C)o1. The minimum absolute atomic E-state index is 0.0884. The molecule has 2 rings (SSSR count). The maximum absolute atomic E-state index is 5.49. The average molecular weight is 248 g/mol. The Morgan fingerprint density at radius 2 is 2.28 bits per heavy atom. The summed E-state index contributed by atoms with van der Waals surface area (Å²) in [6, 6.07) is 0.0884. The number of nitrogens with zero attached hydrogens (tertiary/aromatic N) is 3. The monoisotopic (exact) mass is 248 g/mol. The number of hydrogen-bond donors (Lipinski definition) is 1. The van der Waals surface area contributed by atoms with E-state index in [0.717, 1.165) is 37.0 Å². The molecule has 0 aliphatic rings. The fourth-order valence-corrected chi connectivity index (χ4v) is 1.86. The van der Waals surface area contributed by atoms with E-state index < -0.39 is 0 Å². The topological polar surface area (TPSA) is 55.9 Å². The fourth-order valence-electron chi connectivity index (χ4n) is 1.86. The third kappa shape index (κ3) is 2.98. The molecule has 0 saturated heterocycles. The summed E-state index contributed by atoms with van der Waals surface area (Å²) in [4.78, 5) is 8.57. The molecular formula is C13H20N4O. The molecule has 0 aliphatic carbocycles. The quantitative estimate of drug-likeness (QED) is 0.853. The van der Waals surface area contributed by atoms with Crippen molar-refractivity contribution < 1.29 is 4.42 Å². The summed E-state index contributed by atoms with van der Waals surface area (Å²) in [5, 5.41) is 3.37. The van der Waals surface area contributed by atoms with Crippen LogP contribution in [-0.2, 0) is 13.1 Å². The number of aryl methyl sites for hydroxylation is 2. The van der Waals surface area contributed by atoms with Crippen molar-refractivity contribution >= 4 is 0 Å². The Kier molecular flexibility index (Phi) is 4.15. The van der Waals surface area contributed by atoms with Gasteiger partial charge in [0.15, 0.2) is 0 Å². The lowest BCUT2D eigenvalue weighted by Gasteiger charge is -2.11. The van der Waals surface area contributed by atoms with Gasteiger partial charge in [0, 0.05) is 18.9 Å². The molecule has 2 aromatic heterocycles. The second kappa shape index (κ2) is 5.82. The Morgan fingerprint density at radius 3 is 2.94 bits per heavy atom. The minimum Gasteiger partial charge on any atom is -0.444 e. The summed E-state index contributed by atoms with van der Waals surface area (Å²) in [6.07, 6.45) is 6.70. The number of rotatable bonds is 6. The summed E-state index contributed by atoms with van der Waals surface area (Å²) in [5.41, 5.74) is 0. The standard InChI is InChI=1S/C13H20N4O/c1-4-6-17-7-5-14-12(17)9-15-11(3)13-16-8-10(2)18-13/h5,7-8,11,15H,4,6,9H2,1-3H3. The zero-order valence-electron chi connectivity index (χ0n) is 11.2. The van der Waals surface area contributed by atoms with Crippen molar-refractivity contribution in [2.24, 2.45) is 0 Å². The van der Waals surface area contributed by atoms with Gasteiger partial charge in [-0.3, -0.25) is 5.32 Å². The summed E-state index contributed by atoms with van der Waals surface area (Å²) in [6.45, 7) is 7.82. The van der Waals surface area contributed by atoms with Crippen molar-refractivity contribution in [2.45, 2.75) is 46.3 Å². The second-order valence-electron chi connectivity index (χ2n) is 4.45. The van der Waals surface area contributed by atoms with E-state index in [1.165, 1.54) is 0 Å². The summed E-state index contributed by atoms with van der Waals surface area (Å²) in [7, 11) is 0. The van der Waals surface area contributed by atoms with Crippen LogP contribution in [0.25, 0.3) is 0 Å². The third-order valence-electron chi connectivity index (χ3n) is 2.84. The molecule has 18 heavy (non-hydrogen) atoms. The van der Waals surface area contributed by atoms with Crippen molar-refractivity contribution in [3.8, 4) is 0 Å². The van der Waals surface area contributed by atoms with Crippen molar-refractivity contribution in [3.05, 3.63) is 36.1 Å². The van der Waals surface area contributed by atoms with Crippen LogP contribution in [0, 0.1) is 6.92 Å². The van der Waals surface area contributed by atoms with Crippen LogP contribution < -0.4 is 5.32 Å². The van der Waals surface area contributed by atoms with Crippen LogP contribution >= 0.6 is 0 Å². The van der Waals surface area contributed by atoms with Crippen LogP contribution in [0.5, 0.6) is 0 Å². The zero-order valence-corrected chi connectivity index (χ0v) is 11.2. The van der Waals surface area contributed by atoms with Crippen molar-refractivity contribution in [1.29, 1.82) is 0 Å². The van der Waals surface area contributed by atoms with Crippen molar-refractivity contribution in [1.82, 2.24) is 19.9 Å². The van der Waals surface area contributed by atoms with E-state index in [9.17, 15) is 0 Å². The normalized spacial score (nSPS) is 12.8. The van der Waals surface area contributed by atoms with E-state index in [1.54, 1.807) is 6.20 Å². The van der Waals surface area contributed by atoms with Gasteiger partial charge in [-0.2, -0.15) is 0 Å². The molecule has 0 radical (unpaired) electrons. The molecular weight excluding hydrogens is 228 g/mol. The van der Waals surface area contributed by atoms with Crippen molar-refractivity contribution in [3.63, 3.8) is 0 Å². The lowest BCUT2D eigenvalue weighted by Crippen LogP contribution is -2.21. The molecule has 0 bridgehead atoms. The van der Waals surface area contributed by atoms with Crippen LogP contribution in [0.1, 0.15) is 43.8 Å². The second-order valence-corrected chi connectivity index (χ2v) is 4.45. The molecule has 0 spiro atoms. The van der Waals surface area contributed by atoms with Crippen molar-refractivity contribution in [2.75, 3.05) is 0 Å². The lowest BCUT2D eigenvalue weighted by molar-refractivity contribution is 0.397. The van der Waals surface area contributed by atoms with Gasteiger partial charge in [0.1, 0.15) is 11.6 Å². The summed E-state index contributed by atoms with van der Waals surface area (Å²) in [5.74, 6) is 2.61. The molecule has 2 heterocycles. The Labute approximate surface area is 107 Å². The molecule has 1 N–H and O–H groups in total. The molecule has 0 saturated carbocycles. The minimum atomic E-state index is 0.0884. The Morgan fingerprint density at radius 1 is 1.44 bits per heavy atom. The lowest BCUT2D eigenvalue weighted by atomic mass is 10.3. The van der Waals surface area contributed by atoms with Gasteiger partial charge in [0.2, 0.25) is 5.89 Å². The molecule has 5 nitrogen and oxygen atoms in total. The highest BCUT2D eigenvalue weighted by atomic mass is 16.4. The number of nitrogens with one attached hydrogen (secondary N) is 1. The number of imidazole rings is 1. The van der Waals surface area contributed by atoms with E-state index in [4.69, 9.17) is 4.42 Å². The van der Waals surface area contributed by atoms with Gasteiger partial charge in [0.05, 0.1) is 18.8 Å².